The topological polar surface area (TPSA) is 47.9 Å². The van der Waals surface area contributed by atoms with E-state index in [0.717, 1.165) is 23.4 Å². The third-order valence-corrected chi connectivity index (χ3v) is 2.72. The largest absolute Gasteiger partial charge is 0.378 e. The van der Waals surface area contributed by atoms with Gasteiger partial charge in [0, 0.05) is 13.3 Å². The molecular formula is C13H14ClN3O. The number of pyridine rings is 1. The van der Waals surface area contributed by atoms with Crippen molar-refractivity contribution in [1.29, 1.82) is 0 Å². The molecular weight excluding hydrogens is 250 g/mol. The van der Waals surface area contributed by atoms with E-state index < -0.39 is 0 Å². The average Bonchev–Trinajstić information content (AvgIpc) is 2.38. The van der Waals surface area contributed by atoms with E-state index in [1.165, 1.54) is 0 Å². The molecule has 0 amide bonds. The highest BCUT2D eigenvalue weighted by Crippen LogP contribution is 2.20. The molecule has 0 saturated heterocycles. The molecule has 2 aromatic heterocycles. The molecule has 0 aliphatic rings. The minimum absolute atomic E-state index is 0.403. The molecule has 0 fully saturated rings. The SMILES string of the molecule is CCc1cccnc1-c1nc(Cl)cc(COC)n1. The lowest BCUT2D eigenvalue weighted by Crippen LogP contribution is -2.01. The van der Waals surface area contributed by atoms with Gasteiger partial charge in [0.1, 0.15) is 10.8 Å². The van der Waals surface area contributed by atoms with Crippen molar-refractivity contribution >= 4 is 11.6 Å². The monoisotopic (exact) mass is 263 g/mol. The number of hydrogen-bond acceptors (Lipinski definition) is 4. The van der Waals surface area contributed by atoms with Crippen LogP contribution in [0, 0.1) is 0 Å². The zero-order valence-electron chi connectivity index (χ0n) is 10.4. The van der Waals surface area contributed by atoms with Crippen LogP contribution in [0.1, 0.15) is 18.2 Å². The highest BCUT2D eigenvalue weighted by atomic mass is 35.5. The molecule has 0 saturated carbocycles. The van der Waals surface area contributed by atoms with Gasteiger partial charge in [-0.1, -0.05) is 24.6 Å². The Morgan fingerprint density at radius 1 is 1.33 bits per heavy atom. The lowest BCUT2D eigenvalue weighted by atomic mass is 10.1. The summed E-state index contributed by atoms with van der Waals surface area (Å²) < 4.78 is 5.06. The van der Waals surface area contributed by atoms with Gasteiger partial charge in [0.15, 0.2) is 5.82 Å². The number of aryl methyl sites for hydroxylation is 1. The molecule has 0 N–H and O–H groups in total. The summed E-state index contributed by atoms with van der Waals surface area (Å²) in [5.41, 5.74) is 2.63. The Bertz CT molecular complexity index is 546. The summed E-state index contributed by atoms with van der Waals surface area (Å²) in [6.07, 6.45) is 2.60. The number of nitrogens with zero attached hydrogens (tertiary/aromatic N) is 3. The summed E-state index contributed by atoms with van der Waals surface area (Å²) in [6, 6.07) is 5.62. The van der Waals surface area contributed by atoms with Crippen LogP contribution in [-0.2, 0) is 17.8 Å². The first-order chi connectivity index (χ1) is 8.74. The molecule has 2 rings (SSSR count). The predicted molar refractivity (Wildman–Crippen MR) is 70.4 cm³/mol. The maximum Gasteiger partial charge on any atom is 0.180 e. The van der Waals surface area contributed by atoms with Crippen molar-refractivity contribution in [3.8, 4) is 11.5 Å². The molecule has 0 spiro atoms. The van der Waals surface area contributed by atoms with E-state index in [1.807, 2.05) is 12.1 Å². The molecule has 2 heterocycles. The molecule has 0 aliphatic carbocycles. The normalized spacial score (nSPS) is 10.6. The summed E-state index contributed by atoms with van der Waals surface area (Å²) in [6.45, 7) is 2.48. The molecule has 2 aromatic rings. The van der Waals surface area contributed by atoms with Crippen LogP contribution < -0.4 is 0 Å². The Balaban J connectivity index is 2.49. The molecule has 94 valence electrons. The molecule has 0 unspecified atom stereocenters. The van der Waals surface area contributed by atoms with Gasteiger partial charge < -0.3 is 4.74 Å². The summed E-state index contributed by atoms with van der Waals surface area (Å²) >= 11 is 6.00. The fourth-order valence-corrected chi connectivity index (χ4v) is 1.92. The van der Waals surface area contributed by atoms with Gasteiger partial charge in [-0.2, -0.15) is 0 Å². The molecule has 18 heavy (non-hydrogen) atoms. The lowest BCUT2D eigenvalue weighted by molar-refractivity contribution is 0.181. The van der Waals surface area contributed by atoms with E-state index in [4.69, 9.17) is 16.3 Å². The van der Waals surface area contributed by atoms with Crippen LogP contribution in [0.5, 0.6) is 0 Å². The quantitative estimate of drug-likeness (QED) is 0.796. The van der Waals surface area contributed by atoms with Gasteiger partial charge >= 0.3 is 0 Å². The lowest BCUT2D eigenvalue weighted by Gasteiger charge is -2.07. The van der Waals surface area contributed by atoms with Crippen LogP contribution in [0.25, 0.3) is 11.5 Å². The second-order valence-electron chi connectivity index (χ2n) is 3.80. The summed E-state index contributed by atoms with van der Waals surface area (Å²) in [5, 5.41) is 0.403. The minimum Gasteiger partial charge on any atom is -0.378 e. The number of methoxy groups -OCH3 is 1. The third-order valence-electron chi connectivity index (χ3n) is 2.52. The molecule has 0 atom stereocenters. The molecule has 4 nitrogen and oxygen atoms in total. The van der Waals surface area contributed by atoms with Crippen molar-refractivity contribution in [2.75, 3.05) is 7.11 Å². The number of ether oxygens (including phenoxy) is 1. The highest BCUT2D eigenvalue weighted by molar-refractivity contribution is 6.29. The second kappa shape index (κ2) is 5.89. The maximum absolute atomic E-state index is 6.00. The highest BCUT2D eigenvalue weighted by Gasteiger charge is 2.10. The Morgan fingerprint density at radius 3 is 2.89 bits per heavy atom. The standard InChI is InChI=1S/C13H14ClN3O/c1-3-9-5-4-6-15-12(9)13-16-10(8-18-2)7-11(14)17-13/h4-7H,3,8H2,1-2H3. The fourth-order valence-electron chi connectivity index (χ4n) is 1.72. The molecule has 5 heteroatoms. The first-order valence-corrected chi connectivity index (χ1v) is 6.09. The van der Waals surface area contributed by atoms with Crippen LogP contribution in [-0.4, -0.2) is 22.1 Å². The van der Waals surface area contributed by atoms with Crippen LogP contribution >= 0.6 is 11.6 Å². The number of aromatic nitrogens is 3. The first-order valence-electron chi connectivity index (χ1n) is 5.71. The van der Waals surface area contributed by atoms with Gasteiger partial charge in [0.05, 0.1) is 12.3 Å². The Labute approximate surface area is 111 Å². The molecule has 0 radical (unpaired) electrons. The Morgan fingerprint density at radius 2 is 2.17 bits per heavy atom. The van der Waals surface area contributed by atoms with Crippen molar-refractivity contribution in [3.63, 3.8) is 0 Å². The van der Waals surface area contributed by atoms with Gasteiger partial charge in [-0.25, -0.2) is 9.97 Å². The zero-order chi connectivity index (χ0) is 13.0. The van der Waals surface area contributed by atoms with Crippen LogP contribution in [0.2, 0.25) is 5.15 Å². The van der Waals surface area contributed by atoms with E-state index in [0.29, 0.717) is 17.6 Å². The smallest absolute Gasteiger partial charge is 0.180 e. The van der Waals surface area contributed by atoms with E-state index in [-0.39, 0.29) is 0 Å². The Kier molecular flexibility index (Phi) is 4.23. The van der Waals surface area contributed by atoms with E-state index in [1.54, 1.807) is 19.4 Å². The summed E-state index contributed by atoms with van der Waals surface area (Å²) in [5.74, 6) is 0.548. The van der Waals surface area contributed by atoms with Crippen LogP contribution in [0.15, 0.2) is 24.4 Å². The number of halogens is 1. The van der Waals surface area contributed by atoms with Gasteiger partial charge in [-0.05, 0) is 24.1 Å². The minimum atomic E-state index is 0.403. The van der Waals surface area contributed by atoms with Gasteiger partial charge in [0.25, 0.3) is 0 Å². The van der Waals surface area contributed by atoms with Gasteiger partial charge in [0.2, 0.25) is 0 Å². The second-order valence-corrected chi connectivity index (χ2v) is 4.19. The van der Waals surface area contributed by atoms with Crippen molar-refractivity contribution in [2.45, 2.75) is 20.0 Å². The number of rotatable bonds is 4. The van der Waals surface area contributed by atoms with Crippen molar-refractivity contribution < 1.29 is 4.74 Å². The molecule has 0 aliphatic heterocycles. The van der Waals surface area contributed by atoms with Crippen molar-refractivity contribution in [3.05, 3.63) is 40.8 Å². The van der Waals surface area contributed by atoms with Crippen LogP contribution in [0.3, 0.4) is 0 Å². The maximum atomic E-state index is 6.00. The predicted octanol–water partition coefficient (Wildman–Crippen LogP) is 2.90. The van der Waals surface area contributed by atoms with Crippen molar-refractivity contribution in [1.82, 2.24) is 15.0 Å². The fraction of sp³-hybridized carbons (Fsp3) is 0.308. The van der Waals surface area contributed by atoms with Crippen LogP contribution in [0.4, 0.5) is 0 Å². The summed E-state index contributed by atoms with van der Waals surface area (Å²) in [7, 11) is 1.62. The molecule has 0 aromatic carbocycles. The van der Waals surface area contributed by atoms with E-state index in [9.17, 15) is 0 Å². The summed E-state index contributed by atoms with van der Waals surface area (Å²) in [4.78, 5) is 13.0. The molecule has 0 bridgehead atoms. The van der Waals surface area contributed by atoms with E-state index in [2.05, 4.69) is 21.9 Å². The van der Waals surface area contributed by atoms with Crippen molar-refractivity contribution in [2.24, 2.45) is 0 Å². The third kappa shape index (κ3) is 2.83. The van der Waals surface area contributed by atoms with E-state index >= 15 is 0 Å². The van der Waals surface area contributed by atoms with Gasteiger partial charge in [-0.3, -0.25) is 4.98 Å². The zero-order valence-corrected chi connectivity index (χ0v) is 11.1. The van der Waals surface area contributed by atoms with Gasteiger partial charge in [-0.15, -0.1) is 0 Å². The number of hydrogen-bond donors (Lipinski definition) is 0. The first kappa shape index (κ1) is 12.9. The Hall–Kier alpha value is -1.52. The average molecular weight is 264 g/mol.